The van der Waals surface area contributed by atoms with Crippen LogP contribution in [-0.4, -0.2) is 30.3 Å². The van der Waals surface area contributed by atoms with E-state index in [1.807, 2.05) is 0 Å². The molecule has 0 spiro atoms. The molecular formula is C20H15N3O8S. The zero-order chi connectivity index (χ0) is 23.3. The third-order valence-electron chi connectivity index (χ3n) is 4.08. The van der Waals surface area contributed by atoms with E-state index in [4.69, 9.17) is 4.18 Å². The highest BCUT2D eigenvalue weighted by molar-refractivity contribution is 7.87. The van der Waals surface area contributed by atoms with Gasteiger partial charge in [-0.05, 0) is 42.5 Å². The van der Waals surface area contributed by atoms with Gasteiger partial charge >= 0.3 is 10.1 Å². The second-order valence-electron chi connectivity index (χ2n) is 6.24. The third-order valence-corrected chi connectivity index (χ3v) is 5.32. The molecule has 0 aliphatic carbocycles. The number of nitro groups is 1. The Kier molecular flexibility index (Phi) is 6.35. The molecule has 0 aromatic heterocycles. The fraction of sp³-hybridized carbons (Fsp3) is 0. The van der Waals surface area contributed by atoms with E-state index in [9.17, 15) is 33.2 Å². The number of carbonyl (C=O) groups excluding carboxylic acids is 2. The van der Waals surface area contributed by atoms with Crippen LogP contribution in [0.4, 0.5) is 5.69 Å². The Morgan fingerprint density at radius 2 is 1.56 bits per heavy atom. The average Bonchev–Trinajstić information content (AvgIpc) is 2.78. The van der Waals surface area contributed by atoms with Gasteiger partial charge in [0.05, 0.1) is 10.5 Å². The lowest BCUT2D eigenvalue weighted by molar-refractivity contribution is -0.385. The summed E-state index contributed by atoms with van der Waals surface area (Å²) in [5, 5.41) is 20.5. The summed E-state index contributed by atoms with van der Waals surface area (Å²) in [5.74, 6) is -1.83. The largest absolute Gasteiger partial charge is 0.507 e. The number of carbonyl (C=O) groups is 2. The first-order chi connectivity index (χ1) is 15.2. The van der Waals surface area contributed by atoms with Crippen molar-refractivity contribution in [3.63, 3.8) is 0 Å². The maximum Gasteiger partial charge on any atom is 0.339 e. The number of para-hydroxylation sites is 1. The summed E-state index contributed by atoms with van der Waals surface area (Å²) in [6.07, 6.45) is 0. The van der Waals surface area contributed by atoms with Crippen molar-refractivity contribution < 1.29 is 32.2 Å². The number of nitrogens with zero attached hydrogens (tertiary/aromatic N) is 1. The minimum Gasteiger partial charge on any atom is -0.507 e. The molecule has 12 heteroatoms. The van der Waals surface area contributed by atoms with Crippen LogP contribution in [0.15, 0.2) is 77.7 Å². The number of hydrogen-bond donors (Lipinski definition) is 3. The van der Waals surface area contributed by atoms with Gasteiger partial charge in [0, 0.05) is 17.7 Å². The SMILES string of the molecule is O=C(NNC(=O)c1ccccc1O)c1ccc(OS(=O)(=O)c2cccc([N+](=O)[O-])c2)cc1. The van der Waals surface area contributed by atoms with Crippen LogP contribution in [-0.2, 0) is 10.1 Å². The molecule has 0 bridgehead atoms. The number of hydrazine groups is 1. The molecule has 2 amide bonds. The van der Waals surface area contributed by atoms with Gasteiger partial charge in [0.1, 0.15) is 16.4 Å². The van der Waals surface area contributed by atoms with Gasteiger partial charge in [0.15, 0.2) is 0 Å². The molecule has 0 aliphatic rings. The number of rotatable bonds is 6. The van der Waals surface area contributed by atoms with Gasteiger partial charge in [-0.25, -0.2) is 0 Å². The Hall–Kier alpha value is -4.45. The summed E-state index contributed by atoms with van der Waals surface area (Å²) in [7, 11) is -4.34. The monoisotopic (exact) mass is 457 g/mol. The van der Waals surface area contributed by atoms with Gasteiger partial charge in [-0.15, -0.1) is 0 Å². The molecule has 3 aromatic carbocycles. The number of amides is 2. The van der Waals surface area contributed by atoms with Crippen molar-refractivity contribution >= 4 is 27.6 Å². The minimum absolute atomic E-state index is 0.0390. The second-order valence-corrected chi connectivity index (χ2v) is 7.79. The van der Waals surface area contributed by atoms with Crippen LogP contribution >= 0.6 is 0 Å². The average molecular weight is 457 g/mol. The van der Waals surface area contributed by atoms with E-state index < -0.39 is 37.4 Å². The van der Waals surface area contributed by atoms with Crippen molar-refractivity contribution in [1.82, 2.24) is 10.9 Å². The minimum atomic E-state index is -4.34. The zero-order valence-electron chi connectivity index (χ0n) is 16.1. The summed E-state index contributed by atoms with van der Waals surface area (Å²) in [5.41, 5.74) is 3.93. The van der Waals surface area contributed by atoms with Gasteiger partial charge in [-0.1, -0.05) is 18.2 Å². The molecule has 0 saturated carbocycles. The standard InChI is InChI=1S/C20H15N3O8S/c24-18-7-2-1-6-17(18)20(26)22-21-19(25)13-8-10-15(11-9-13)31-32(29,30)16-5-3-4-14(12-16)23(27)28/h1-12,24H,(H,21,25)(H,22,26). The third kappa shape index (κ3) is 5.17. The van der Waals surface area contributed by atoms with Crippen molar-refractivity contribution in [2.24, 2.45) is 0 Å². The zero-order valence-corrected chi connectivity index (χ0v) is 16.9. The summed E-state index contributed by atoms with van der Waals surface area (Å²) in [4.78, 5) is 33.9. The Morgan fingerprint density at radius 1 is 0.906 bits per heavy atom. The molecule has 11 nitrogen and oxygen atoms in total. The molecule has 0 unspecified atom stereocenters. The summed E-state index contributed by atoms with van der Waals surface area (Å²) in [6.45, 7) is 0. The lowest BCUT2D eigenvalue weighted by Crippen LogP contribution is -2.41. The normalized spacial score (nSPS) is 10.8. The highest BCUT2D eigenvalue weighted by Crippen LogP contribution is 2.22. The van der Waals surface area contributed by atoms with Gasteiger partial charge in [0.25, 0.3) is 17.5 Å². The van der Waals surface area contributed by atoms with E-state index in [2.05, 4.69) is 10.9 Å². The molecule has 0 aliphatic heterocycles. The molecule has 3 aromatic rings. The van der Waals surface area contributed by atoms with Crippen LogP contribution in [0.5, 0.6) is 11.5 Å². The first kappa shape index (κ1) is 22.2. The number of benzene rings is 3. The second kappa shape index (κ2) is 9.14. The predicted molar refractivity (Wildman–Crippen MR) is 110 cm³/mol. The van der Waals surface area contributed by atoms with E-state index in [0.29, 0.717) is 0 Å². The molecule has 0 fully saturated rings. The predicted octanol–water partition coefficient (Wildman–Crippen LogP) is 2.14. The van der Waals surface area contributed by atoms with Crippen LogP contribution in [0, 0.1) is 10.1 Å². The quantitative estimate of drug-likeness (QED) is 0.288. The van der Waals surface area contributed by atoms with E-state index in [-0.39, 0.29) is 22.6 Å². The van der Waals surface area contributed by atoms with Crippen molar-refractivity contribution in [3.05, 3.63) is 94.0 Å². The first-order valence-corrected chi connectivity index (χ1v) is 10.3. The van der Waals surface area contributed by atoms with Crippen LogP contribution < -0.4 is 15.0 Å². The summed E-state index contributed by atoms with van der Waals surface area (Å²) in [6, 6.07) is 15.0. The fourth-order valence-corrected chi connectivity index (χ4v) is 3.48. The molecule has 0 heterocycles. The van der Waals surface area contributed by atoms with Crippen molar-refractivity contribution in [3.8, 4) is 11.5 Å². The highest BCUT2D eigenvalue weighted by atomic mass is 32.2. The van der Waals surface area contributed by atoms with E-state index in [1.54, 1.807) is 0 Å². The van der Waals surface area contributed by atoms with Crippen LogP contribution in [0.25, 0.3) is 0 Å². The number of phenolic OH excluding ortho intramolecular Hbond substituents is 1. The molecule has 3 rings (SSSR count). The van der Waals surface area contributed by atoms with Gasteiger partial charge < -0.3 is 9.29 Å². The highest BCUT2D eigenvalue weighted by Gasteiger charge is 2.20. The van der Waals surface area contributed by atoms with Gasteiger partial charge in [0.2, 0.25) is 0 Å². The molecule has 3 N–H and O–H groups in total. The van der Waals surface area contributed by atoms with Crippen molar-refractivity contribution in [2.45, 2.75) is 4.90 Å². The van der Waals surface area contributed by atoms with Gasteiger partial charge in [-0.2, -0.15) is 8.42 Å². The maximum absolute atomic E-state index is 12.3. The van der Waals surface area contributed by atoms with Gasteiger partial charge in [-0.3, -0.25) is 30.6 Å². The van der Waals surface area contributed by atoms with Crippen LogP contribution in [0.1, 0.15) is 20.7 Å². The molecule has 0 atom stereocenters. The topological polar surface area (TPSA) is 165 Å². The number of hydrogen-bond acceptors (Lipinski definition) is 8. The fourth-order valence-electron chi connectivity index (χ4n) is 2.51. The summed E-state index contributed by atoms with van der Waals surface area (Å²) < 4.78 is 29.6. The van der Waals surface area contributed by atoms with E-state index in [0.717, 1.165) is 18.2 Å². The number of aromatic hydroxyl groups is 1. The number of nitro benzene ring substituents is 1. The first-order valence-electron chi connectivity index (χ1n) is 8.85. The Labute approximate surface area is 181 Å². The smallest absolute Gasteiger partial charge is 0.339 e. The number of non-ortho nitro benzene ring substituents is 1. The van der Waals surface area contributed by atoms with E-state index >= 15 is 0 Å². The summed E-state index contributed by atoms with van der Waals surface area (Å²) >= 11 is 0. The maximum atomic E-state index is 12.3. The Morgan fingerprint density at radius 3 is 2.22 bits per heavy atom. The molecule has 164 valence electrons. The number of nitrogens with one attached hydrogen (secondary N) is 2. The molecule has 0 radical (unpaired) electrons. The lowest BCUT2D eigenvalue weighted by atomic mass is 10.2. The lowest BCUT2D eigenvalue weighted by Gasteiger charge is -2.10. The Balaban J connectivity index is 1.65. The van der Waals surface area contributed by atoms with Crippen molar-refractivity contribution in [1.29, 1.82) is 0 Å². The van der Waals surface area contributed by atoms with Crippen LogP contribution in [0.3, 0.4) is 0 Å². The Bertz CT molecular complexity index is 1290. The van der Waals surface area contributed by atoms with E-state index in [1.165, 1.54) is 54.6 Å². The number of phenols is 1. The van der Waals surface area contributed by atoms with Crippen LogP contribution in [0.2, 0.25) is 0 Å². The molecular weight excluding hydrogens is 442 g/mol. The molecule has 32 heavy (non-hydrogen) atoms. The molecule has 0 saturated heterocycles. The van der Waals surface area contributed by atoms with Crippen molar-refractivity contribution in [2.75, 3.05) is 0 Å².